The molecule has 0 aliphatic carbocycles. The van der Waals surface area contributed by atoms with Gasteiger partial charge in [0.25, 0.3) is 5.91 Å². The minimum atomic E-state index is -0.666. The second-order valence-electron chi connectivity index (χ2n) is 17.4. The summed E-state index contributed by atoms with van der Waals surface area (Å²) in [6.07, 6.45) is 6.66. The number of rotatable bonds is 18. The third kappa shape index (κ3) is 9.28. The third-order valence-corrected chi connectivity index (χ3v) is 12.0. The average Bonchev–Trinajstić information content (AvgIpc) is 3.99. The number of amides is 3. The molecule has 3 amide bonds. The largest absolute Gasteiger partial charge is 0.456 e. The number of fused-ring (bicyclic) bond motifs is 5. The van der Waals surface area contributed by atoms with Gasteiger partial charge in [-0.25, -0.2) is 4.39 Å². The second kappa shape index (κ2) is 18.8. The number of ether oxygens (including phenoxy) is 1. The Morgan fingerprint density at radius 2 is 1.45 bits per heavy atom. The van der Waals surface area contributed by atoms with Crippen molar-refractivity contribution >= 4 is 56.3 Å². The molecule has 0 radical (unpaired) electrons. The first-order chi connectivity index (χ1) is 29.9. The number of likely N-dealkylation sites (tertiary alicyclic amines) is 1. The van der Waals surface area contributed by atoms with Gasteiger partial charge in [-0.1, -0.05) is 18.2 Å². The van der Waals surface area contributed by atoms with Gasteiger partial charge >= 0.3 is 0 Å². The molecule has 330 valence electrons. The zero-order chi connectivity index (χ0) is 43.5. The molecular weight excluding hydrogens is 794 g/mol. The fourth-order valence-corrected chi connectivity index (χ4v) is 8.90. The summed E-state index contributed by atoms with van der Waals surface area (Å²) < 4.78 is 31.3. The van der Waals surface area contributed by atoms with Crippen LogP contribution in [0.15, 0.2) is 57.9 Å². The Balaban J connectivity index is 1.05. The number of carbonyl (C=O) groups excluding carboxylic acids is 3. The lowest BCUT2D eigenvalue weighted by atomic mass is 10.0. The number of anilines is 1. The molecule has 4 N–H and O–H groups in total. The summed E-state index contributed by atoms with van der Waals surface area (Å²) in [5.41, 5.74) is 1.59. The number of para-hydroxylation sites is 1. The van der Waals surface area contributed by atoms with E-state index >= 15 is 4.39 Å². The van der Waals surface area contributed by atoms with Crippen molar-refractivity contribution < 1.29 is 27.9 Å². The van der Waals surface area contributed by atoms with Crippen molar-refractivity contribution in [2.75, 3.05) is 98.5 Å². The Labute approximate surface area is 360 Å². The lowest BCUT2D eigenvalue weighted by molar-refractivity contribution is -0.121. The maximum Gasteiger partial charge on any atom is 0.259 e. The topological polar surface area (TPSA) is 157 Å². The fraction of sp³-hybridized carbons (Fsp3) is 0.478. The van der Waals surface area contributed by atoms with Crippen LogP contribution in [-0.2, 0) is 9.59 Å². The molecule has 0 saturated carbocycles. The molecule has 2 aromatic heterocycles. The highest BCUT2D eigenvalue weighted by molar-refractivity contribution is 6.07. The van der Waals surface area contributed by atoms with Gasteiger partial charge in [0.15, 0.2) is 17.3 Å². The van der Waals surface area contributed by atoms with Crippen LogP contribution in [0.1, 0.15) is 48.9 Å². The van der Waals surface area contributed by atoms with E-state index in [0.717, 1.165) is 62.6 Å². The van der Waals surface area contributed by atoms with Crippen LogP contribution >= 0.6 is 0 Å². The van der Waals surface area contributed by atoms with Gasteiger partial charge in [-0.3, -0.25) is 19.2 Å². The SMILES string of the molecule is CN(C)CCCCNCC(=O)N[C@@H]1CCN(C(=O)c2cn3c4c(c(N5CC[C@@H](NC(=O)CNCCCCN(C)C)C5)c(F)cc4c2=O)Oc2cc4c(cc2-3)oc2ccccc24)C1. The average molecular weight is 852 g/mol. The minimum absolute atomic E-state index is 0.00358. The van der Waals surface area contributed by atoms with Gasteiger partial charge in [0, 0.05) is 61.3 Å². The molecule has 2 saturated heterocycles. The molecule has 0 unspecified atom stereocenters. The Bertz CT molecular complexity index is 2540. The normalized spacial score (nSPS) is 17.1. The van der Waals surface area contributed by atoms with E-state index in [4.69, 9.17) is 9.15 Å². The van der Waals surface area contributed by atoms with Crippen LogP contribution in [-0.4, -0.2) is 143 Å². The van der Waals surface area contributed by atoms with E-state index in [0.29, 0.717) is 60.6 Å². The van der Waals surface area contributed by atoms with Crippen molar-refractivity contribution in [3.8, 4) is 17.2 Å². The van der Waals surface area contributed by atoms with Crippen LogP contribution in [0.2, 0.25) is 0 Å². The summed E-state index contributed by atoms with van der Waals surface area (Å²) in [6, 6.07) is 12.0. The summed E-state index contributed by atoms with van der Waals surface area (Å²) in [5.74, 6) is -0.866. The van der Waals surface area contributed by atoms with E-state index in [2.05, 4.69) is 31.1 Å². The second-order valence-corrected chi connectivity index (χ2v) is 17.4. The predicted molar refractivity (Wildman–Crippen MR) is 239 cm³/mol. The van der Waals surface area contributed by atoms with Gasteiger partial charge in [0.2, 0.25) is 17.2 Å². The highest BCUT2D eigenvalue weighted by Crippen LogP contribution is 2.49. The Hall–Kier alpha value is -5.55. The van der Waals surface area contributed by atoms with Crippen molar-refractivity contribution in [2.45, 2.75) is 50.6 Å². The number of furan rings is 1. The maximum atomic E-state index is 16.7. The molecule has 62 heavy (non-hydrogen) atoms. The summed E-state index contributed by atoms with van der Waals surface area (Å²) in [4.78, 5) is 62.0. The molecule has 2 atom stereocenters. The first-order valence-corrected chi connectivity index (χ1v) is 21.8. The van der Waals surface area contributed by atoms with Crippen LogP contribution < -0.4 is 36.3 Å². The minimum Gasteiger partial charge on any atom is -0.456 e. The quantitative estimate of drug-likeness (QED) is 0.0928. The number of nitrogens with zero attached hydrogens (tertiary/aromatic N) is 5. The monoisotopic (exact) mass is 851 g/mol. The number of halogens is 1. The Kier molecular flexibility index (Phi) is 13.1. The van der Waals surface area contributed by atoms with Gasteiger partial charge in [-0.05, 0) is 111 Å². The molecule has 8 rings (SSSR count). The first-order valence-electron chi connectivity index (χ1n) is 21.8. The van der Waals surface area contributed by atoms with Gasteiger partial charge in [-0.15, -0.1) is 0 Å². The highest BCUT2D eigenvalue weighted by atomic mass is 19.1. The van der Waals surface area contributed by atoms with Crippen molar-refractivity contribution in [1.82, 2.24) is 40.5 Å². The molecule has 5 heterocycles. The first kappa shape index (κ1) is 43.1. The lowest BCUT2D eigenvalue weighted by Crippen LogP contribution is -2.43. The van der Waals surface area contributed by atoms with Crippen molar-refractivity contribution in [1.29, 1.82) is 0 Å². The van der Waals surface area contributed by atoms with E-state index in [-0.39, 0.29) is 65.9 Å². The fourth-order valence-electron chi connectivity index (χ4n) is 8.90. The lowest BCUT2D eigenvalue weighted by Gasteiger charge is -2.29. The summed E-state index contributed by atoms with van der Waals surface area (Å²) >= 11 is 0. The Morgan fingerprint density at radius 3 is 2.15 bits per heavy atom. The highest BCUT2D eigenvalue weighted by Gasteiger charge is 2.36. The zero-order valence-corrected chi connectivity index (χ0v) is 36.2. The van der Waals surface area contributed by atoms with Crippen LogP contribution in [0, 0.1) is 5.82 Å². The molecular formula is C46H58FN9O6. The third-order valence-electron chi connectivity index (χ3n) is 12.0. The molecule has 0 bridgehead atoms. The number of nitrogens with one attached hydrogen (secondary N) is 4. The summed E-state index contributed by atoms with van der Waals surface area (Å²) in [7, 11) is 8.15. The molecule has 2 fully saturated rings. The number of benzene rings is 3. The van der Waals surface area contributed by atoms with Crippen LogP contribution in [0.5, 0.6) is 11.5 Å². The zero-order valence-electron chi connectivity index (χ0n) is 36.2. The molecule has 3 aromatic carbocycles. The van der Waals surface area contributed by atoms with E-state index in [9.17, 15) is 19.2 Å². The van der Waals surface area contributed by atoms with Gasteiger partial charge in [0.1, 0.15) is 27.9 Å². The van der Waals surface area contributed by atoms with Gasteiger partial charge in [-0.2, -0.15) is 0 Å². The van der Waals surface area contributed by atoms with E-state index in [1.54, 1.807) is 9.47 Å². The predicted octanol–water partition coefficient (Wildman–Crippen LogP) is 4.02. The van der Waals surface area contributed by atoms with Crippen molar-refractivity contribution in [3.63, 3.8) is 0 Å². The van der Waals surface area contributed by atoms with Gasteiger partial charge in [0.05, 0.1) is 24.2 Å². The number of unbranched alkanes of at least 4 members (excludes halogenated alkanes) is 2. The summed E-state index contributed by atoms with van der Waals surface area (Å²) in [5, 5.41) is 14.2. The molecule has 15 nitrogen and oxygen atoms in total. The van der Waals surface area contributed by atoms with Gasteiger partial charge < -0.3 is 54.6 Å². The van der Waals surface area contributed by atoms with E-state index < -0.39 is 17.2 Å². The standard InChI is InChI=1S/C46H58FN9O6/c1-52(2)17-9-7-15-48-24-40(57)50-29-13-19-54(26-29)43-35(47)21-33-42-45(43)62-39-22-32-31-11-5-6-12-37(31)61-38(32)23-36(39)56(42)28-34(44(33)59)46(60)55-20-14-30(27-55)51-41(58)25-49-16-8-10-18-53(3)4/h5-6,11-12,21-23,28-30,48-49H,7-10,13-20,24-27H2,1-4H3,(H,50,57)(H,51,58)/t29-,30-/m1/s1. The molecule has 3 aliphatic heterocycles. The Morgan fingerprint density at radius 1 is 0.790 bits per heavy atom. The molecule has 0 spiro atoms. The van der Waals surface area contributed by atoms with E-state index in [1.165, 1.54) is 12.3 Å². The molecule has 5 aromatic rings. The van der Waals surface area contributed by atoms with Crippen molar-refractivity contribution in [3.05, 3.63) is 70.3 Å². The number of aromatic nitrogens is 1. The maximum absolute atomic E-state index is 16.7. The van der Waals surface area contributed by atoms with Crippen molar-refractivity contribution in [2.24, 2.45) is 0 Å². The number of hydrogen-bond acceptors (Lipinski definition) is 11. The van der Waals surface area contributed by atoms with E-state index in [1.807, 2.05) is 69.5 Å². The van der Waals surface area contributed by atoms with Crippen LogP contribution in [0.25, 0.3) is 38.5 Å². The molecule has 3 aliphatic rings. The summed E-state index contributed by atoms with van der Waals surface area (Å²) in [6.45, 7) is 5.20. The molecule has 16 heteroatoms. The number of carbonyl (C=O) groups is 3. The van der Waals surface area contributed by atoms with Crippen LogP contribution in [0.3, 0.4) is 0 Å². The number of hydrogen-bond donors (Lipinski definition) is 4. The van der Waals surface area contributed by atoms with Crippen LogP contribution in [0.4, 0.5) is 10.1 Å². The smallest absolute Gasteiger partial charge is 0.259 e. The number of pyridine rings is 1.